The van der Waals surface area contributed by atoms with Gasteiger partial charge in [0.15, 0.2) is 17.1 Å². The number of amides is 1. The van der Waals surface area contributed by atoms with Crippen LogP contribution in [0.2, 0.25) is 0 Å². The first kappa shape index (κ1) is 32.7. The second-order valence-electron chi connectivity index (χ2n) is 10.0. The quantitative estimate of drug-likeness (QED) is 0.187. The van der Waals surface area contributed by atoms with Crippen molar-refractivity contribution in [1.82, 2.24) is 25.9 Å². The summed E-state index contributed by atoms with van der Waals surface area (Å²) < 4.78 is 140. The number of nitrogens with one attached hydrogen (secondary N) is 2. The predicted molar refractivity (Wildman–Crippen MR) is 134 cm³/mol. The van der Waals surface area contributed by atoms with Crippen LogP contribution in [0.1, 0.15) is 54.6 Å². The molecule has 3 aromatic rings. The van der Waals surface area contributed by atoms with E-state index in [1.807, 2.05) is 5.32 Å². The first-order valence-corrected chi connectivity index (χ1v) is 13.0. The number of halogens is 10. The summed E-state index contributed by atoms with van der Waals surface area (Å²) in [6.07, 6.45) is -17.3. The van der Waals surface area contributed by atoms with Gasteiger partial charge in [-0.25, -0.2) is 4.39 Å². The third-order valence-corrected chi connectivity index (χ3v) is 6.84. The Balaban J connectivity index is 1.66. The molecule has 2 heterocycles. The van der Waals surface area contributed by atoms with Crippen molar-refractivity contribution >= 4 is 17.1 Å². The Labute approximate surface area is 242 Å². The fraction of sp³-hybridized carbons (Fsp3) is 0.407. The van der Waals surface area contributed by atoms with Crippen molar-refractivity contribution in [3.63, 3.8) is 0 Å². The highest BCUT2D eigenvalue weighted by molar-refractivity contribution is 6.27. The third kappa shape index (κ3) is 7.66. The van der Waals surface area contributed by atoms with Crippen LogP contribution in [0, 0.1) is 5.82 Å². The number of hydrogen-bond acceptors (Lipinski definition) is 5. The molecule has 1 aliphatic rings. The molecule has 2 aromatic carbocycles. The van der Waals surface area contributed by atoms with Crippen LogP contribution in [-0.2, 0) is 16.8 Å². The highest BCUT2D eigenvalue weighted by atomic mass is 19.4. The summed E-state index contributed by atoms with van der Waals surface area (Å²) in [4.78, 5) is 13.3. The Morgan fingerprint density at radius 3 is 2.16 bits per heavy atom. The van der Waals surface area contributed by atoms with Crippen molar-refractivity contribution < 1.29 is 53.4 Å². The maximum Gasteiger partial charge on any atom is 0.416 e. The highest BCUT2D eigenvalue weighted by Crippen LogP contribution is 2.50. The molecular weight excluding hydrogens is 616 g/mol. The maximum atomic E-state index is 15.0. The number of carbonyl (C=O) groups excluding carboxylic acids is 1. The van der Waals surface area contributed by atoms with Crippen molar-refractivity contribution in [3.8, 4) is 5.75 Å². The van der Waals surface area contributed by atoms with Gasteiger partial charge in [0.1, 0.15) is 0 Å². The van der Waals surface area contributed by atoms with Gasteiger partial charge in [0.05, 0.1) is 18.6 Å². The molecule has 1 amide bonds. The van der Waals surface area contributed by atoms with Gasteiger partial charge in [-0.3, -0.25) is 4.79 Å². The summed E-state index contributed by atoms with van der Waals surface area (Å²) in [7, 11) is 0. The fourth-order valence-electron chi connectivity index (χ4n) is 4.78. The van der Waals surface area contributed by atoms with Crippen LogP contribution in [0.25, 0.3) is 11.1 Å². The number of aromatic nitrogens is 4. The number of tetrazole rings is 1. The normalized spacial score (nSPS) is 18.0. The van der Waals surface area contributed by atoms with Gasteiger partial charge < -0.3 is 10.1 Å². The first-order chi connectivity index (χ1) is 20.5. The Morgan fingerprint density at radius 1 is 0.886 bits per heavy atom. The van der Waals surface area contributed by atoms with Gasteiger partial charge in [-0.15, -0.1) is 10.2 Å². The van der Waals surface area contributed by atoms with Crippen LogP contribution in [0.5, 0.6) is 5.75 Å². The molecule has 1 atom stereocenters. The number of H-pyrrole nitrogens is 1. The molecule has 2 N–H and O–H groups in total. The van der Waals surface area contributed by atoms with Crippen molar-refractivity contribution in [2.45, 2.75) is 62.6 Å². The minimum atomic E-state index is -5.22. The second-order valence-corrected chi connectivity index (χ2v) is 10.0. The molecule has 17 heteroatoms. The summed E-state index contributed by atoms with van der Waals surface area (Å²) in [5.74, 6) is -3.35. The van der Waals surface area contributed by atoms with Crippen LogP contribution in [0.15, 0.2) is 42.5 Å². The maximum absolute atomic E-state index is 15.0. The number of unbranched alkanes of at least 4 members (excludes halogenated alkanes) is 2. The van der Waals surface area contributed by atoms with E-state index in [1.54, 1.807) is 0 Å². The third-order valence-electron chi connectivity index (χ3n) is 6.84. The Morgan fingerprint density at radius 2 is 1.59 bits per heavy atom. The van der Waals surface area contributed by atoms with Gasteiger partial charge in [0.2, 0.25) is 5.82 Å². The van der Waals surface area contributed by atoms with E-state index in [9.17, 15) is 44.3 Å². The van der Waals surface area contributed by atoms with Crippen molar-refractivity contribution in [1.29, 1.82) is 0 Å². The van der Waals surface area contributed by atoms with Gasteiger partial charge in [-0.1, -0.05) is 30.3 Å². The lowest BCUT2D eigenvalue weighted by Crippen LogP contribution is -2.58. The van der Waals surface area contributed by atoms with E-state index in [4.69, 9.17) is 4.74 Å². The minimum absolute atomic E-state index is 0.0369. The Bertz CT molecular complexity index is 1480. The lowest BCUT2D eigenvalue weighted by Gasteiger charge is -2.41. The van der Waals surface area contributed by atoms with Crippen LogP contribution < -0.4 is 10.1 Å². The molecule has 1 aromatic heterocycles. The molecule has 7 nitrogen and oxygen atoms in total. The monoisotopic (exact) mass is 639 g/mol. The number of carbonyl (C=O) groups is 1. The lowest BCUT2D eigenvalue weighted by atomic mass is 9.76. The number of benzene rings is 2. The Hall–Kier alpha value is -4.18. The molecule has 1 aliphatic heterocycles. The van der Waals surface area contributed by atoms with Crippen molar-refractivity contribution in [3.05, 3.63) is 70.8 Å². The average Bonchev–Trinajstić information content (AvgIpc) is 3.43. The topological polar surface area (TPSA) is 92.8 Å². The molecule has 4 rings (SSSR count). The molecule has 0 fully saturated rings. The van der Waals surface area contributed by atoms with Gasteiger partial charge in [-0.2, -0.15) is 44.7 Å². The predicted octanol–water partition coefficient (Wildman–Crippen LogP) is 6.83. The van der Waals surface area contributed by atoms with E-state index in [0.29, 0.717) is 6.07 Å². The van der Waals surface area contributed by atoms with Crippen LogP contribution in [-0.4, -0.2) is 51.7 Å². The van der Waals surface area contributed by atoms with Crippen LogP contribution in [0.3, 0.4) is 0 Å². The van der Waals surface area contributed by atoms with E-state index < -0.39 is 71.9 Å². The summed E-state index contributed by atoms with van der Waals surface area (Å²) in [5, 5.41) is 14.6. The van der Waals surface area contributed by atoms with E-state index in [0.717, 1.165) is 36.4 Å². The fourth-order valence-corrected chi connectivity index (χ4v) is 4.78. The Kier molecular flexibility index (Phi) is 9.25. The van der Waals surface area contributed by atoms with E-state index in [-0.39, 0.29) is 48.4 Å². The first-order valence-electron chi connectivity index (χ1n) is 13.0. The molecule has 238 valence electrons. The van der Waals surface area contributed by atoms with Gasteiger partial charge in [0, 0.05) is 12.8 Å². The molecule has 0 bridgehead atoms. The summed E-state index contributed by atoms with van der Waals surface area (Å²) >= 11 is 0. The zero-order valence-corrected chi connectivity index (χ0v) is 22.4. The SMILES string of the molecule is O=C1NC(c2ccc(OCCCCCC(F)(F)F)c(F)c2)(C(F)(F)F)CC(c2ccc(CC(F)(F)F)cc2)=C1c1nn[nH]n1. The average molecular weight is 639 g/mol. The zero-order chi connectivity index (χ0) is 32.3. The number of rotatable bonds is 10. The van der Waals surface area contributed by atoms with Gasteiger partial charge in [-0.05, 0) is 58.9 Å². The number of nitrogens with zero attached hydrogens (tertiary/aromatic N) is 3. The molecule has 44 heavy (non-hydrogen) atoms. The summed E-state index contributed by atoms with van der Waals surface area (Å²) in [6, 6.07) is 6.69. The van der Waals surface area contributed by atoms with Crippen molar-refractivity contribution in [2.24, 2.45) is 0 Å². The zero-order valence-electron chi connectivity index (χ0n) is 22.4. The smallest absolute Gasteiger partial charge is 0.416 e. The van der Waals surface area contributed by atoms with Gasteiger partial charge >= 0.3 is 18.5 Å². The largest absolute Gasteiger partial charge is 0.491 e. The molecule has 0 spiro atoms. The number of hydrogen-bond donors (Lipinski definition) is 2. The molecular formula is C27H23F10N5O2. The second kappa shape index (κ2) is 12.4. The lowest BCUT2D eigenvalue weighted by molar-refractivity contribution is -0.201. The molecule has 0 saturated carbocycles. The molecule has 0 saturated heterocycles. The standard InChI is InChI=1S/C27H23F10N5O2/c28-19-12-17(8-9-20(19)44-11-3-1-2-10-25(29,30)31)24(27(35,36)37)14-18(21(23(43)38-24)22-39-41-42-40-22)16-6-4-15(5-7-16)13-26(32,33)34/h4-9,12H,1-3,10-11,13-14H2,(H,38,43)(H,39,40,41,42). The minimum Gasteiger partial charge on any atom is -0.491 e. The van der Waals surface area contributed by atoms with E-state index in [2.05, 4.69) is 20.6 Å². The van der Waals surface area contributed by atoms with E-state index >= 15 is 4.39 Å². The number of ether oxygens (including phenoxy) is 1. The van der Waals surface area contributed by atoms with Gasteiger partial charge in [0.25, 0.3) is 5.91 Å². The highest BCUT2D eigenvalue weighted by Gasteiger charge is 2.60. The van der Waals surface area contributed by atoms with Crippen molar-refractivity contribution in [2.75, 3.05) is 6.61 Å². The molecule has 1 unspecified atom stereocenters. The molecule has 0 aliphatic carbocycles. The van der Waals surface area contributed by atoms with Crippen LogP contribution >= 0.6 is 0 Å². The number of aromatic amines is 1. The van der Waals surface area contributed by atoms with E-state index in [1.165, 1.54) is 0 Å². The van der Waals surface area contributed by atoms with Crippen LogP contribution in [0.4, 0.5) is 43.9 Å². The summed E-state index contributed by atoms with van der Waals surface area (Å²) in [5.41, 5.74) is -4.84. The number of alkyl halides is 9. The molecule has 0 radical (unpaired) electrons. The summed E-state index contributed by atoms with van der Waals surface area (Å²) in [6.45, 7) is -0.194.